The molecule has 2 heteroatoms. The van der Waals surface area contributed by atoms with E-state index in [0.29, 0.717) is 12.4 Å². The lowest BCUT2D eigenvalue weighted by molar-refractivity contribution is 0.0943. The highest BCUT2D eigenvalue weighted by molar-refractivity contribution is 4.83. The molecule has 0 saturated carbocycles. The molecule has 0 N–H and O–H groups in total. The standard InChI is InChI=1S/C6H11O2/c1-4-5-6(7-2)8-3/h5H,1,4H2,2-3H3. The minimum absolute atomic E-state index is 0.528. The second-order valence-corrected chi connectivity index (χ2v) is 1.22. The van der Waals surface area contributed by atoms with Crippen molar-refractivity contribution in [2.45, 2.75) is 6.42 Å². The van der Waals surface area contributed by atoms with Crippen molar-refractivity contribution in [2.24, 2.45) is 0 Å². The fraction of sp³-hybridized carbons (Fsp3) is 0.500. The number of rotatable bonds is 3. The predicted octanol–water partition coefficient (Wildman–Crippen LogP) is 1.34. The quantitative estimate of drug-likeness (QED) is 0.517. The maximum Gasteiger partial charge on any atom is 0.274 e. The summed E-state index contributed by atoms with van der Waals surface area (Å²) in [5.74, 6) is 0.528. The molecule has 0 amide bonds. The Hall–Kier alpha value is -0.660. The van der Waals surface area contributed by atoms with E-state index >= 15 is 0 Å². The monoisotopic (exact) mass is 115 g/mol. The van der Waals surface area contributed by atoms with Crippen LogP contribution in [0.15, 0.2) is 12.0 Å². The summed E-state index contributed by atoms with van der Waals surface area (Å²) >= 11 is 0. The smallest absolute Gasteiger partial charge is 0.274 e. The predicted molar refractivity (Wildman–Crippen MR) is 32.1 cm³/mol. The zero-order valence-corrected chi connectivity index (χ0v) is 5.31. The van der Waals surface area contributed by atoms with Gasteiger partial charge in [-0.15, -0.1) is 0 Å². The van der Waals surface area contributed by atoms with Gasteiger partial charge in [0.1, 0.15) is 0 Å². The number of ether oxygens (including phenoxy) is 2. The molecule has 0 aromatic rings. The van der Waals surface area contributed by atoms with Crippen molar-refractivity contribution in [3.8, 4) is 0 Å². The van der Waals surface area contributed by atoms with E-state index < -0.39 is 0 Å². The first-order valence-electron chi connectivity index (χ1n) is 2.42. The van der Waals surface area contributed by atoms with Gasteiger partial charge in [0.05, 0.1) is 14.2 Å². The lowest BCUT2D eigenvalue weighted by Gasteiger charge is -2.00. The van der Waals surface area contributed by atoms with Gasteiger partial charge in [-0.05, 0) is 19.4 Å². The maximum absolute atomic E-state index is 4.74. The zero-order valence-electron chi connectivity index (χ0n) is 5.31. The van der Waals surface area contributed by atoms with Crippen molar-refractivity contribution in [3.05, 3.63) is 18.9 Å². The average Bonchev–Trinajstić information content (AvgIpc) is 1.83. The van der Waals surface area contributed by atoms with E-state index in [-0.39, 0.29) is 0 Å². The third kappa shape index (κ3) is 2.50. The summed E-state index contributed by atoms with van der Waals surface area (Å²) in [6, 6.07) is 0. The van der Waals surface area contributed by atoms with Gasteiger partial charge < -0.3 is 9.47 Å². The Morgan fingerprint density at radius 3 is 2.12 bits per heavy atom. The molecule has 0 aliphatic rings. The van der Waals surface area contributed by atoms with Crippen LogP contribution in [0.4, 0.5) is 0 Å². The van der Waals surface area contributed by atoms with Gasteiger partial charge in [0, 0.05) is 0 Å². The molecule has 0 spiro atoms. The number of hydrogen-bond donors (Lipinski definition) is 0. The number of allylic oxidation sites excluding steroid dienone is 1. The summed E-state index contributed by atoms with van der Waals surface area (Å²) in [7, 11) is 3.12. The van der Waals surface area contributed by atoms with Crippen molar-refractivity contribution in [2.75, 3.05) is 14.2 Å². The van der Waals surface area contributed by atoms with E-state index in [9.17, 15) is 0 Å². The highest BCUT2D eigenvalue weighted by Gasteiger charge is 1.86. The highest BCUT2D eigenvalue weighted by atomic mass is 16.7. The molecule has 0 heterocycles. The summed E-state index contributed by atoms with van der Waals surface area (Å²) in [6.07, 6.45) is 2.46. The second kappa shape index (κ2) is 4.50. The molecule has 0 atom stereocenters. The molecule has 8 heavy (non-hydrogen) atoms. The van der Waals surface area contributed by atoms with E-state index in [1.807, 2.05) is 0 Å². The molecule has 0 saturated heterocycles. The third-order valence-corrected chi connectivity index (χ3v) is 0.713. The van der Waals surface area contributed by atoms with Gasteiger partial charge in [-0.1, -0.05) is 0 Å². The third-order valence-electron chi connectivity index (χ3n) is 0.713. The SMILES string of the molecule is [CH2]CC=C(OC)OC. The van der Waals surface area contributed by atoms with Gasteiger partial charge in [0.2, 0.25) is 0 Å². The van der Waals surface area contributed by atoms with Crippen LogP contribution in [0.3, 0.4) is 0 Å². The fourth-order valence-electron chi connectivity index (χ4n) is 0.368. The molecule has 0 fully saturated rings. The fourth-order valence-corrected chi connectivity index (χ4v) is 0.368. The molecule has 2 nitrogen and oxygen atoms in total. The first kappa shape index (κ1) is 7.34. The summed E-state index contributed by atoms with van der Waals surface area (Å²) in [5.41, 5.74) is 0. The van der Waals surface area contributed by atoms with Crippen molar-refractivity contribution >= 4 is 0 Å². The molecular formula is C6H11O2. The van der Waals surface area contributed by atoms with Crippen LogP contribution in [0, 0.1) is 6.92 Å². The topological polar surface area (TPSA) is 18.5 Å². The van der Waals surface area contributed by atoms with Crippen LogP contribution in [-0.2, 0) is 9.47 Å². The van der Waals surface area contributed by atoms with Crippen LogP contribution in [0.5, 0.6) is 0 Å². The van der Waals surface area contributed by atoms with Crippen LogP contribution < -0.4 is 0 Å². The van der Waals surface area contributed by atoms with Crippen molar-refractivity contribution < 1.29 is 9.47 Å². The number of methoxy groups -OCH3 is 2. The van der Waals surface area contributed by atoms with Crippen LogP contribution in [0.25, 0.3) is 0 Å². The van der Waals surface area contributed by atoms with Gasteiger partial charge in [-0.3, -0.25) is 0 Å². The maximum atomic E-state index is 4.74. The summed E-state index contributed by atoms with van der Waals surface area (Å²) in [5, 5.41) is 0. The Morgan fingerprint density at radius 1 is 1.50 bits per heavy atom. The van der Waals surface area contributed by atoms with Crippen molar-refractivity contribution in [1.82, 2.24) is 0 Å². The van der Waals surface area contributed by atoms with Crippen LogP contribution in [0.1, 0.15) is 6.42 Å². The lowest BCUT2D eigenvalue weighted by Crippen LogP contribution is -1.87. The lowest BCUT2D eigenvalue weighted by atomic mass is 10.5. The normalized spacial score (nSPS) is 7.88. The molecule has 0 rings (SSSR count). The average molecular weight is 115 g/mol. The second-order valence-electron chi connectivity index (χ2n) is 1.22. The molecule has 0 aromatic carbocycles. The highest BCUT2D eigenvalue weighted by Crippen LogP contribution is 1.95. The molecule has 0 aliphatic heterocycles. The first-order chi connectivity index (χ1) is 3.85. The minimum Gasteiger partial charge on any atom is -0.469 e. The van der Waals surface area contributed by atoms with E-state index in [1.165, 1.54) is 0 Å². The van der Waals surface area contributed by atoms with Crippen molar-refractivity contribution in [3.63, 3.8) is 0 Å². The van der Waals surface area contributed by atoms with Gasteiger partial charge >= 0.3 is 0 Å². The molecule has 47 valence electrons. The Kier molecular flexibility index (Phi) is 4.13. The molecule has 0 aromatic heterocycles. The largest absolute Gasteiger partial charge is 0.469 e. The van der Waals surface area contributed by atoms with Crippen LogP contribution in [0.2, 0.25) is 0 Å². The summed E-state index contributed by atoms with van der Waals surface area (Å²) in [4.78, 5) is 0. The van der Waals surface area contributed by atoms with Crippen LogP contribution in [-0.4, -0.2) is 14.2 Å². The van der Waals surface area contributed by atoms with E-state index in [1.54, 1.807) is 20.3 Å². The Morgan fingerprint density at radius 2 is 2.00 bits per heavy atom. The van der Waals surface area contributed by atoms with Crippen molar-refractivity contribution in [1.29, 1.82) is 0 Å². The van der Waals surface area contributed by atoms with Gasteiger partial charge in [0.25, 0.3) is 5.95 Å². The Balaban J connectivity index is 3.49. The summed E-state index contributed by atoms with van der Waals surface area (Å²) in [6.45, 7) is 3.58. The Labute approximate surface area is 50.1 Å². The van der Waals surface area contributed by atoms with E-state index in [4.69, 9.17) is 9.47 Å². The molecule has 1 radical (unpaired) electrons. The Bertz CT molecular complexity index is 70.6. The van der Waals surface area contributed by atoms with Gasteiger partial charge in [0.15, 0.2) is 0 Å². The number of hydrogen-bond acceptors (Lipinski definition) is 2. The van der Waals surface area contributed by atoms with Gasteiger partial charge in [-0.25, -0.2) is 0 Å². The van der Waals surface area contributed by atoms with Crippen LogP contribution >= 0.6 is 0 Å². The molecule has 0 unspecified atom stereocenters. The molecular weight excluding hydrogens is 104 g/mol. The minimum atomic E-state index is 0.528. The first-order valence-corrected chi connectivity index (χ1v) is 2.42. The molecule has 0 aliphatic carbocycles. The van der Waals surface area contributed by atoms with E-state index in [0.717, 1.165) is 0 Å². The summed E-state index contributed by atoms with van der Waals surface area (Å²) < 4.78 is 9.48. The zero-order chi connectivity index (χ0) is 6.41. The van der Waals surface area contributed by atoms with E-state index in [2.05, 4.69) is 6.92 Å². The molecule has 0 bridgehead atoms. The van der Waals surface area contributed by atoms with Gasteiger partial charge in [-0.2, -0.15) is 0 Å².